The Bertz CT molecular complexity index is 342. The second-order valence-electron chi connectivity index (χ2n) is 6.84. The minimum atomic E-state index is -2.66. The lowest BCUT2D eigenvalue weighted by Gasteiger charge is -2.36. The lowest BCUT2D eigenvalue weighted by molar-refractivity contribution is -0.0839. The first kappa shape index (κ1) is 17.1. The van der Waals surface area contributed by atoms with Gasteiger partial charge in [0.15, 0.2) is 0 Å². The summed E-state index contributed by atoms with van der Waals surface area (Å²) in [4.78, 5) is 11.0. The van der Waals surface area contributed by atoms with E-state index in [9.17, 15) is 18.7 Å². The molecule has 3 atom stereocenters. The van der Waals surface area contributed by atoms with Crippen LogP contribution in [0.4, 0.5) is 13.6 Å². The summed E-state index contributed by atoms with van der Waals surface area (Å²) in [6.07, 6.45) is -1.75. The number of ether oxygens (including phenoxy) is 1. The van der Waals surface area contributed by atoms with Crippen LogP contribution in [0.2, 0.25) is 0 Å². The van der Waals surface area contributed by atoms with Gasteiger partial charge in [-0.1, -0.05) is 20.8 Å². The number of primary amides is 1. The molecule has 0 heterocycles. The predicted octanol–water partition coefficient (Wildman–Crippen LogP) is 3.07. The van der Waals surface area contributed by atoms with Crippen molar-refractivity contribution in [2.45, 2.75) is 71.0 Å². The van der Waals surface area contributed by atoms with Crippen LogP contribution < -0.4 is 5.73 Å². The molecule has 0 bridgehead atoms. The predicted molar refractivity (Wildman–Crippen MR) is 71.4 cm³/mol. The van der Waals surface area contributed by atoms with Crippen molar-refractivity contribution in [2.75, 3.05) is 0 Å². The molecule has 0 aliphatic heterocycles. The fourth-order valence-electron chi connectivity index (χ4n) is 2.75. The number of amides is 1. The number of alkyl halides is 2. The van der Waals surface area contributed by atoms with Gasteiger partial charge < -0.3 is 15.6 Å². The van der Waals surface area contributed by atoms with Gasteiger partial charge in [-0.25, -0.2) is 13.6 Å². The van der Waals surface area contributed by atoms with Crippen molar-refractivity contribution in [2.24, 2.45) is 17.1 Å². The summed E-state index contributed by atoms with van der Waals surface area (Å²) in [5.41, 5.74) is 4.50. The molecule has 118 valence electrons. The molecule has 0 aromatic heterocycles. The van der Waals surface area contributed by atoms with Gasteiger partial charge >= 0.3 is 6.09 Å². The first-order valence-electron chi connectivity index (χ1n) is 7.03. The molecule has 0 saturated heterocycles. The Morgan fingerprint density at radius 3 is 2.55 bits per heavy atom. The van der Waals surface area contributed by atoms with E-state index in [0.29, 0.717) is 12.8 Å². The van der Waals surface area contributed by atoms with E-state index in [1.807, 2.05) is 0 Å². The number of nitrogens with two attached hydrogens (primary N) is 1. The number of aliphatic hydroxyl groups is 1. The molecule has 4 nitrogen and oxygen atoms in total. The topological polar surface area (TPSA) is 72.6 Å². The highest BCUT2D eigenvalue weighted by Gasteiger charge is 2.40. The van der Waals surface area contributed by atoms with Crippen LogP contribution in [0.5, 0.6) is 0 Å². The van der Waals surface area contributed by atoms with Crippen molar-refractivity contribution in [3.05, 3.63) is 0 Å². The van der Waals surface area contributed by atoms with E-state index in [-0.39, 0.29) is 25.2 Å². The minimum Gasteiger partial charge on any atom is -0.444 e. The second kappa shape index (κ2) is 6.24. The number of hydrogen-bond donors (Lipinski definition) is 2. The average molecular weight is 293 g/mol. The molecule has 20 heavy (non-hydrogen) atoms. The summed E-state index contributed by atoms with van der Waals surface area (Å²) in [6, 6.07) is 0. The van der Waals surface area contributed by atoms with E-state index in [1.54, 1.807) is 20.8 Å². The van der Waals surface area contributed by atoms with Crippen LogP contribution in [0.1, 0.15) is 52.9 Å². The van der Waals surface area contributed by atoms with Crippen molar-refractivity contribution in [1.29, 1.82) is 0 Å². The molecule has 1 aliphatic rings. The monoisotopic (exact) mass is 293 g/mol. The van der Waals surface area contributed by atoms with E-state index in [4.69, 9.17) is 10.5 Å². The van der Waals surface area contributed by atoms with Crippen LogP contribution in [0, 0.1) is 11.3 Å². The standard InChI is InChI=1S/C14H25F2NO3/c1-13(2,3)11(18)10(20-12(17)19)7-9-5-4-6-14(15,16)8-9/h9-11,18H,4-8H2,1-3H3,(H2,17,19)/t9?,10-,11?/m0/s1. The largest absolute Gasteiger partial charge is 0.444 e. The Labute approximate surface area is 118 Å². The van der Waals surface area contributed by atoms with Crippen LogP contribution in [0.15, 0.2) is 0 Å². The molecule has 6 heteroatoms. The summed E-state index contributed by atoms with van der Waals surface area (Å²) in [5, 5.41) is 10.2. The molecule has 0 aromatic rings. The maximum Gasteiger partial charge on any atom is 0.404 e. The first-order chi connectivity index (χ1) is 9.01. The van der Waals surface area contributed by atoms with Crippen LogP contribution in [-0.2, 0) is 4.74 Å². The molecule has 1 saturated carbocycles. The number of carbonyl (C=O) groups excluding carboxylic acids is 1. The quantitative estimate of drug-likeness (QED) is 0.836. The van der Waals surface area contributed by atoms with Crippen molar-refractivity contribution < 1.29 is 23.4 Å². The molecule has 1 amide bonds. The van der Waals surface area contributed by atoms with Gasteiger partial charge in [0, 0.05) is 12.8 Å². The summed E-state index contributed by atoms with van der Waals surface area (Å²) >= 11 is 0. The van der Waals surface area contributed by atoms with Crippen molar-refractivity contribution >= 4 is 6.09 Å². The zero-order valence-electron chi connectivity index (χ0n) is 12.4. The number of halogens is 2. The summed E-state index contributed by atoms with van der Waals surface area (Å²) in [6.45, 7) is 5.39. The summed E-state index contributed by atoms with van der Waals surface area (Å²) < 4.78 is 31.8. The highest BCUT2D eigenvalue weighted by Crippen LogP contribution is 2.40. The van der Waals surface area contributed by atoms with Gasteiger partial charge in [-0.05, 0) is 30.6 Å². The number of hydrogen-bond acceptors (Lipinski definition) is 3. The smallest absolute Gasteiger partial charge is 0.404 e. The number of rotatable bonds is 4. The minimum absolute atomic E-state index is 0.0906. The van der Waals surface area contributed by atoms with E-state index in [2.05, 4.69) is 0 Å². The third-order valence-electron chi connectivity index (χ3n) is 3.81. The molecule has 1 fully saturated rings. The van der Waals surface area contributed by atoms with Gasteiger partial charge in [0.05, 0.1) is 6.10 Å². The highest BCUT2D eigenvalue weighted by molar-refractivity contribution is 5.64. The lowest BCUT2D eigenvalue weighted by Crippen LogP contribution is -2.43. The van der Waals surface area contributed by atoms with Gasteiger partial charge in [-0.3, -0.25) is 0 Å². The van der Waals surface area contributed by atoms with Crippen LogP contribution >= 0.6 is 0 Å². The van der Waals surface area contributed by atoms with Crippen LogP contribution in [-0.4, -0.2) is 29.3 Å². The zero-order valence-corrected chi connectivity index (χ0v) is 12.4. The fourth-order valence-corrected chi connectivity index (χ4v) is 2.75. The SMILES string of the molecule is CC(C)(C)C(O)[C@H](CC1CCCC(F)(F)C1)OC(N)=O. The molecular weight excluding hydrogens is 268 g/mol. The molecule has 0 radical (unpaired) electrons. The second-order valence-corrected chi connectivity index (χ2v) is 6.84. The molecule has 1 rings (SSSR count). The normalized spacial score (nSPS) is 25.8. The van der Waals surface area contributed by atoms with Gasteiger partial charge in [0.2, 0.25) is 5.92 Å². The maximum absolute atomic E-state index is 13.4. The summed E-state index contributed by atoms with van der Waals surface area (Å²) in [5.74, 6) is -2.92. The zero-order chi connectivity index (χ0) is 15.6. The molecule has 0 spiro atoms. The average Bonchev–Trinajstić information content (AvgIpc) is 2.23. The van der Waals surface area contributed by atoms with Gasteiger partial charge in [0.25, 0.3) is 0 Å². The third-order valence-corrected chi connectivity index (χ3v) is 3.81. The lowest BCUT2D eigenvalue weighted by atomic mass is 9.78. The third kappa shape index (κ3) is 5.23. The molecule has 1 aliphatic carbocycles. The Balaban J connectivity index is 2.72. The van der Waals surface area contributed by atoms with E-state index in [1.165, 1.54) is 0 Å². The fraction of sp³-hybridized carbons (Fsp3) is 0.929. The van der Waals surface area contributed by atoms with Crippen molar-refractivity contribution in [3.63, 3.8) is 0 Å². The van der Waals surface area contributed by atoms with E-state index in [0.717, 1.165) is 0 Å². The van der Waals surface area contributed by atoms with Crippen molar-refractivity contribution in [1.82, 2.24) is 0 Å². The highest BCUT2D eigenvalue weighted by atomic mass is 19.3. The summed E-state index contributed by atoms with van der Waals surface area (Å²) in [7, 11) is 0. The maximum atomic E-state index is 13.4. The Hall–Kier alpha value is -0.910. The van der Waals surface area contributed by atoms with E-state index >= 15 is 0 Å². The first-order valence-corrected chi connectivity index (χ1v) is 7.03. The Morgan fingerprint density at radius 1 is 1.50 bits per heavy atom. The van der Waals surface area contributed by atoms with Crippen molar-refractivity contribution in [3.8, 4) is 0 Å². The molecule has 3 N–H and O–H groups in total. The van der Waals surface area contributed by atoms with E-state index < -0.39 is 29.6 Å². The Kier molecular flexibility index (Phi) is 5.35. The van der Waals surface area contributed by atoms with Gasteiger partial charge in [-0.2, -0.15) is 0 Å². The van der Waals surface area contributed by atoms with Gasteiger partial charge in [0.1, 0.15) is 6.10 Å². The molecule has 0 aromatic carbocycles. The number of carbonyl (C=O) groups is 1. The molecular formula is C14H25F2NO3. The molecule has 2 unspecified atom stereocenters. The van der Waals surface area contributed by atoms with Crippen LogP contribution in [0.25, 0.3) is 0 Å². The number of aliphatic hydroxyl groups excluding tert-OH is 1. The van der Waals surface area contributed by atoms with Gasteiger partial charge in [-0.15, -0.1) is 0 Å². The van der Waals surface area contributed by atoms with Crippen LogP contribution in [0.3, 0.4) is 0 Å². The Morgan fingerprint density at radius 2 is 2.10 bits per heavy atom.